The van der Waals surface area contributed by atoms with Crippen LogP contribution < -0.4 is 0 Å². The van der Waals surface area contributed by atoms with E-state index in [0.29, 0.717) is 5.56 Å². The van der Waals surface area contributed by atoms with E-state index in [4.69, 9.17) is 5.11 Å². The van der Waals surface area contributed by atoms with Crippen LogP contribution in [0.3, 0.4) is 0 Å². The largest absolute Gasteiger partial charge is 0.481 e. The van der Waals surface area contributed by atoms with Crippen molar-refractivity contribution in [3.63, 3.8) is 0 Å². The molecule has 16 heavy (non-hydrogen) atoms. The molecule has 88 valence electrons. The minimum absolute atomic E-state index is 0.366. The van der Waals surface area contributed by atoms with Gasteiger partial charge >= 0.3 is 5.97 Å². The van der Waals surface area contributed by atoms with Crippen LogP contribution >= 0.6 is 0 Å². The molecule has 3 nitrogen and oxygen atoms in total. The van der Waals surface area contributed by atoms with Gasteiger partial charge in [0.15, 0.2) is 0 Å². The SMILES string of the molecule is CC(C(=O)O)C(c1ccccc1F)N(C)C. The molecule has 0 aliphatic carbocycles. The summed E-state index contributed by atoms with van der Waals surface area (Å²) in [7, 11) is 3.49. The van der Waals surface area contributed by atoms with Crippen molar-refractivity contribution in [2.75, 3.05) is 14.1 Å². The molecule has 0 aliphatic rings. The first-order chi connectivity index (χ1) is 7.45. The monoisotopic (exact) mass is 225 g/mol. The summed E-state index contributed by atoms with van der Waals surface area (Å²) in [6.07, 6.45) is 0. The fraction of sp³-hybridized carbons (Fsp3) is 0.417. The Morgan fingerprint density at radius 2 is 1.94 bits per heavy atom. The molecule has 1 N–H and O–H groups in total. The average Bonchev–Trinajstić information content (AvgIpc) is 2.20. The molecule has 0 amide bonds. The van der Waals surface area contributed by atoms with E-state index in [1.807, 2.05) is 0 Å². The summed E-state index contributed by atoms with van der Waals surface area (Å²) in [5, 5.41) is 9.00. The number of carbonyl (C=O) groups is 1. The summed E-state index contributed by atoms with van der Waals surface area (Å²) in [6.45, 7) is 1.58. The Hall–Kier alpha value is -1.42. The Balaban J connectivity index is 3.13. The van der Waals surface area contributed by atoms with Gasteiger partial charge in [-0.15, -0.1) is 0 Å². The molecule has 0 saturated heterocycles. The quantitative estimate of drug-likeness (QED) is 0.853. The number of nitrogens with zero attached hydrogens (tertiary/aromatic N) is 1. The van der Waals surface area contributed by atoms with Crippen LogP contribution in [0.25, 0.3) is 0 Å². The zero-order valence-corrected chi connectivity index (χ0v) is 9.64. The minimum atomic E-state index is -0.929. The predicted molar refractivity (Wildman–Crippen MR) is 59.6 cm³/mol. The molecule has 0 aliphatic heterocycles. The van der Waals surface area contributed by atoms with Crippen LogP contribution in [0.2, 0.25) is 0 Å². The van der Waals surface area contributed by atoms with Crippen LogP contribution in [-0.2, 0) is 4.79 Å². The van der Waals surface area contributed by atoms with Gasteiger partial charge in [0, 0.05) is 5.56 Å². The number of hydrogen-bond acceptors (Lipinski definition) is 2. The number of benzene rings is 1. The second kappa shape index (κ2) is 5.07. The van der Waals surface area contributed by atoms with Gasteiger partial charge in [0.1, 0.15) is 5.82 Å². The third-order valence-electron chi connectivity index (χ3n) is 2.64. The normalized spacial score (nSPS) is 14.8. The van der Waals surface area contributed by atoms with Gasteiger partial charge < -0.3 is 10.0 Å². The van der Waals surface area contributed by atoms with Gasteiger partial charge in [-0.2, -0.15) is 0 Å². The fourth-order valence-electron chi connectivity index (χ4n) is 1.84. The molecule has 0 radical (unpaired) electrons. The minimum Gasteiger partial charge on any atom is -0.481 e. The molecule has 2 atom stereocenters. The van der Waals surface area contributed by atoms with E-state index in [-0.39, 0.29) is 5.82 Å². The van der Waals surface area contributed by atoms with Gasteiger partial charge in [0.2, 0.25) is 0 Å². The lowest BCUT2D eigenvalue weighted by Gasteiger charge is -2.28. The Morgan fingerprint density at radius 1 is 1.38 bits per heavy atom. The second-order valence-electron chi connectivity index (χ2n) is 4.06. The van der Waals surface area contributed by atoms with Crippen LogP contribution in [0, 0.1) is 11.7 Å². The Bertz CT molecular complexity index is 379. The van der Waals surface area contributed by atoms with Crippen molar-refractivity contribution in [2.45, 2.75) is 13.0 Å². The molecule has 4 heteroatoms. The van der Waals surface area contributed by atoms with Gasteiger partial charge in [-0.3, -0.25) is 4.79 Å². The number of carboxylic acid groups (broad SMARTS) is 1. The maximum absolute atomic E-state index is 13.6. The van der Waals surface area contributed by atoms with Crippen molar-refractivity contribution in [2.24, 2.45) is 5.92 Å². The van der Waals surface area contributed by atoms with Crippen molar-refractivity contribution >= 4 is 5.97 Å². The maximum atomic E-state index is 13.6. The van der Waals surface area contributed by atoms with Crippen molar-refractivity contribution in [1.29, 1.82) is 0 Å². The average molecular weight is 225 g/mol. The molecule has 0 spiro atoms. The van der Waals surface area contributed by atoms with Gasteiger partial charge in [0.05, 0.1) is 12.0 Å². The maximum Gasteiger partial charge on any atom is 0.308 e. The lowest BCUT2D eigenvalue weighted by molar-refractivity contribution is -0.143. The van der Waals surface area contributed by atoms with Crippen molar-refractivity contribution < 1.29 is 14.3 Å². The molecule has 0 fully saturated rings. The zero-order valence-electron chi connectivity index (χ0n) is 9.64. The molecule has 0 aromatic heterocycles. The van der Waals surface area contributed by atoms with E-state index in [2.05, 4.69) is 0 Å². The number of aliphatic carboxylic acids is 1. The highest BCUT2D eigenvalue weighted by atomic mass is 19.1. The van der Waals surface area contributed by atoms with Crippen LogP contribution in [0.15, 0.2) is 24.3 Å². The van der Waals surface area contributed by atoms with E-state index in [0.717, 1.165) is 0 Å². The number of carboxylic acids is 1. The van der Waals surface area contributed by atoms with E-state index >= 15 is 0 Å². The first kappa shape index (κ1) is 12.6. The van der Waals surface area contributed by atoms with Crippen LogP contribution in [-0.4, -0.2) is 30.1 Å². The summed E-state index contributed by atoms with van der Waals surface area (Å²) in [6, 6.07) is 5.82. The summed E-state index contributed by atoms with van der Waals surface area (Å²) < 4.78 is 13.6. The van der Waals surface area contributed by atoms with E-state index < -0.39 is 17.9 Å². The second-order valence-corrected chi connectivity index (χ2v) is 4.06. The molecule has 1 aromatic carbocycles. The van der Waals surface area contributed by atoms with Crippen LogP contribution in [0.5, 0.6) is 0 Å². The first-order valence-electron chi connectivity index (χ1n) is 5.08. The fourth-order valence-corrected chi connectivity index (χ4v) is 1.84. The van der Waals surface area contributed by atoms with Gasteiger partial charge in [-0.05, 0) is 20.2 Å². The molecule has 2 unspecified atom stereocenters. The molecular weight excluding hydrogens is 209 g/mol. The number of hydrogen-bond donors (Lipinski definition) is 1. The molecule has 1 aromatic rings. The molecule has 0 bridgehead atoms. The molecule has 1 rings (SSSR count). The molecular formula is C12H16FNO2. The standard InChI is InChI=1S/C12H16FNO2/c1-8(12(15)16)11(14(2)3)9-6-4-5-7-10(9)13/h4-8,11H,1-3H3,(H,15,16). The smallest absolute Gasteiger partial charge is 0.308 e. The third-order valence-corrected chi connectivity index (χ3v) is 2.64. The van der Waals surface area contributed by atoms with Crippen LogP contribution in [0.1, 0.15) is 18.5 Å². The van der Waals surface area contributed by atoms with Gasteiger partial charge in [-0.25, -0.2) is 4.39 Å². The van der Waals surface area contributed by atoms with Crippen molar-refractivity contribution in [3.05, 3.63) is 35.6 Å². The summed E-state index contributed by atoms with van der Waals surface area (Å²) in [4.78, 5) is 12.7. The highest BCUT2D eigenvalue weighted by molar-refractivity contribution is 5.70. The highest BCUT2D eigenvalue weighted by Gasteiger charge is 2.28. The lowest BCUT2D eigenvalue weighted by Crippen LogP contribution is -2.31. The third kappa shape index (κ3) is 2.58. The summed E-state index contributed by atoms with van der Waals surface area (Å²) >= 11 is 0. The predicted octanol–water partition coefficient (Wildman–Crippen LogP) is 2.15. The van der Waals surface area contributed by atoms with E-state index in [1.54, 1.807) is 44.1 Å². The summed E-state index contributed by atoms with van der Waals surface area (Å²) in [5.74, 6) is -1.96. The number of halogens is 1. The lowest BCUT2D eigenvalue weighted by atomic mass is 9.93. The topological polar surface area (TPSA) is 40.5 Å². The summed E-state index contributed by atoms with van der Waals surface area (Å²) in [5.41, 5.74) is 0.419. The van der Waals surface area contributed by atoms with E-state index in [1.165, 1.54) is 6.07 Å². The molecule has 0 saturated carbocycles. The van der Waals surface area contributed by atoms with Crippen molar-refractivity contribution in [1.82, 2.24) is 4.90 Å². The zero-order chi connectivity index (χ0) is 12.3. The van der Waals surface area contributed by atoms with Gasteiger partial charge in [0.25, 0.3) is 0 Å². The highest BCUT2D eigenvalue weighted by Crippen LogP contribution is 2.28. The van der Waals surface area contributed by atoms with Crippen LogP contribution in [0.4, 0.5) is 4.39 Å². The Morgan fingerprint density at radius 3 is 2.38 bits per heavy atom. The Labute approximate surface area is 94.5 Å². The molecule has 0 heterocycles. The first-order valence-corrected chi connectivity index (χ1v) is 5.08. The van der Waals surface area contributed by atoms with E-state index in [9.17, 15) is 9.18 Å². The van der Waals surface area contributed by atoms with Gasteiger partial charge in [-0.1, -0.05) is 25.1 Å². The van der Waals surface area contributed by atoms with Crippen molar-refractivity contribution in [3.8, 4) is 0 Å². The Kier molecular flexibility index (Phi) is 4.01. The number of rotatable bonds is 4.